The number of aryl methyl sites for hydroxylation is 3. The van der Waals surface area contributed by atoms with Crippen LogP contribution in [-0.4, -0.2) is 34.0 Å². The second-order valence-electron chi connectivity index (χ2n) is 6.86. The summed E-state index contributed by atoms with van der Waals surface area (Å²) >= 11 is 1.72. The number of aromatic nitrogens is 2. The van der Waals surface area contributed by atoms with Gasteiger partial charge >= 0.3 is 0 Å². The molecule has 1 aliphatic rings. The summed E-state index contributed by atoms with van der Waals surface area (Å²) < 4.78 is 5.22. The number of hydrogen-bond acceptors (Lipinski definition) is 5. The van der Waals surface area contributed by atoms with E-state index in [1.165, 1.54) is 5.01 Å². The van der Waals surface area contributed by atoms with Gasteiger partial charge in [0.05, 0.1) is 10.7 Å². The maximum atomic E-state index is 12.9. The number of nitrogens with zero attached hydrogens (tertiary/aromatic N) is 3. The van der Waals surface area contributed by atoms with E-state index in [9.17, 15) is 4.79 Å². The predicted octanol–water partition coefficient (Wildman–Crippen LogP) is 3.64. The van der Waals surface area contributed by atoms with E-state index in [1.807, 2.05) is 32.6 Å². The lowest BCUT2D eigenvalue weighted by Gasteiger charge is -2.33. The van der Waals surface area contributed by atoms with Crippen LogP contribution < -0.4 is 0 Å². The molecule has 5 nitrogen and oxygen atoms in total. The van der Waals surface area contributed by atoms with E-state index in [-0.39, 0.29) is 11.8 Å². The van der Waals surface area contributed by atoms with Crippen molar-refractivity contribution in [2.45, 2.75) is 52.9 Å². The first kappa shape index (κ1) is 17.1. The van der Waals surface area contributed by atoms with Gasteiger partial charge in [-0.25, -0.2) is 4.98 Å². The molecule has 1 fully saturated rings. The molecule has 0 radical (unpaired) electrons. The lowest BCUT2D eigenvalue weighted by atomic mass is 9.94. The fourth-order valence-corrected chi connectivity index (χ4v) is 4.36. The maximum Gasteiger partial charge on any atom is 0.225 e. The lowest BCUT2D eigenvalue weighted by molar-refractivity contribution is -0.136. The van der Waals surface area contributed by atoms with Crippen molar-refractivity contribution >= 4 is 17.2 Å². The van der Waals surface area contributed by atoms with Gasteiger partial charge in [0.25, 0.3) is 0 Å². The Labute approximate surface area is 147 Å². The van der Waals surface area contributed by atoms with Gasteiger partial charge in [-0.15, -0.1) is 11.3 Å². The van der Waals surface area contributed by atoms with Crippen molar-refractivity contribution < 1.29 is 9.32 Å². The van der Waals surface area contributed by atoms with Gasteiger partial charge in [-0.2, -0.15) is 0 Å². The number of likely N-dealkylation sites (tertiary alicyclic amines) is 1. The van der Waals surface area contributed by atoms with Crippen molar-refractivity contribution in [3.8, 4) is 0 Å². The molecule has 3 rings (SSSR count). The maximum absolute atomic E-state index is 12.9. The van der Waals surface area contributed by atoms with E-state index in [4.69, 9.17) is 4.52 Å². The molecular weight excluding hydrogens is 322 g/mol. The minimum atomic E-state index is -0.0569. The highest BCUT2D eigenvalue weighted by Crippen LogP contribution is 2.30. The number of carbonyl (C=O) groups is 1. The fourth-order valence-electron chi connectivity index (χ4n) is 3.44. The standard InChI is InChI=1S/C18H25N3O2S/c1-11(8-16-13(3)20-23-14(16)4)18(22)21-7-5-6-15(9-21)17-19-12(2)10-24-17/h10-11,15H,5-9H2,1-4H3. The predicted molar refractivity (Wildman–Crippen MR) is 94.3 cm³/mol. The summed E-state index contributed by atoms with van der Waals surface area (Å²) in [6, 6.07) is 0. The molecule has 0 spiro atoms. The highest BCUT2D eigenvalue weighted by Gasteiger charge is 2.29. The van der Waals surface area contributed by atoms with Crippen LogP contribution in [0.1, 0.15) is 53.4 Å². The van der Waals surface area contributed by atoms with Crippen molar-refractivity contribution in [3.63, 3.8) is 0 Å². The Kier molecular flexibility index (Phi) is 5.04. The van der Waals surface area contributed by atoms with Crippen LogP contribution >= 0.6 is 11.3 Å². The van der Waals surface area contributed by atoms with Gasteiger partial charge in [0, 0.05) is 41.6 Å². The van der Waals surface area contributed by atoms with Gasteiger partial charge in [0.1, 0.15) is 5.76 Å². The molecule has 6 heteroatoms. The molecule has 2 aromatic heterocycles. The van der Waals surface area contributed by atoms with Crippen LogP contribution in [0.3, 0.4) is 0 Å². The van der Waals surface area contributed by atoms with Crippen LogP contribution in [0.5, 0.6) is 0 Å². The Balaban J connectivity index is 1.65. The Bertz CT molecular complexity index is 702. The lowest BCUT2D eigenvalue weighted by Crippen LogP contribution is -2.42. The second-order valence-corrected chi connectivity index (χ2v) is 7.75. The number of rotatable bonds is 4. The van der Waals surface area contributed by atoms with Crippen LogP contribution in [0.25, 0.3) is 0 Å². The zero-order valence-electron chi connectivity index (χ0n) is 14.8. The molecule has 24 heavy (non-hydrogen) atoms. The van der Waals surface area contributed by atoms with E-state index >= 15 is 0 Å². The van der Waals surface area contributed by atoms with Crippen LogP contribution in [0.2, 0.25) is 0 Å². The largest absolute Gasteiger partial charge is 0.361 e. The second kappa shape index (κ2) is 7.05. The Morgan fingerprint density at radius 1 is 1.46 bits per heavy atom. The number of piperidine rings is 1. The average molecular weight is 347 g/mol. The van der Waals surface area contributed by atoms with Crippen molar-refractivity contribution in [1.82, 2.24) is 15.0 Å². The SMILES string of the molecule is Cc1csc(C2CCCN(C(=O)C(C)Cc3c(C)noc3C)C2)n1. The van der Waals surface area contributed by atoms with E-state index < -0.39 is 0 Å². The zero-order valence-corrected chi connectivity index (χ0v) is 15.7. The summed E-state index contributed by atoms with van der Waals surface area (Å²) in [5.41, 5.74) is 3.03. The van der Waals surface area contributed by atoms with Crippen LogP contribution in [-0.2, 0) is 11.2 Å². The fraction of sp³-hybridized carbons (Fsp3) is 0.611. The van der Waals surface area contributed by atoms with Crippen molar-refractivity contribution in [1.29, 1.82) is 0 Å². The van der Waals surface area contributed by atoms with Crippen LogP contribution in [0, 0.1) is 26.7 Å². The quantitative estimate of drug-likeness (QED) is 0.847. The molecule has 1 amide bonds. The Morgan fingerprint density at radius 2 is 2.25 bits per heavy atom. The molecule has 2 unspecified atom stereocenters. The van der Waals surface area contributed by atoms with E-state index in [2.05, 4.69) is 15.5 Å². The average Bonchev–Trinajstić information content (AvgIpc) is 3.15. The summed E-state index contributed by atoms with van der Waals surface area (Å²) in [5.74, 6) is 1.38. The minimum absolute atomic E-state index is 0.0569. The molecule has 130 valence electrons. The normalized spacial score (nSPS) is 19.5. The molecule has 2 aromatic rings. The number of amides is 1. The highest BCUT2D eigenvalue weighted by molar-refractivity contribution is 7.09. The molecule has 0 N–H and O–H groups in total. The summed E-state index contributed by atoms with van der Waals surface area (Å²) in [6.07, 6.45) is 2.86. The van der Waals surface area contributed by atoms with Crippen LogP contribution in [0.4, 0.5) is 0 Å². The Hall–Kier alpha value is -1.69. The van der Waals surface area contributed by atoms with Gasteiger partial charge in [-0.05, 0) is 40.0 Å². The molecule has 1 saturated heterocycles. The molecule has 2 atom stereocenters. The third-order valence-corrected chi connectivity index (χ3v) is 5.96. The molecule has 3 heterocycles. The summed E-state index contributed by atoms with van der Waals surface area (Å²) in [4.78, 5) is 19.5. The van der Waals surface area contributed by atoms with Crippen molar-refractivity contribution in [3.05, 3.63) is 33.1 Å². The molecular formula is C18H25N3O2S. The Morgan fingerprint density at radius 3 is 2.88 bits per heavy atom. The van der Waals surface area contributed by atoms with Crippen molar-refractivity contribution in [2.75, 3.05) is 13.1 Å². The van der Waals surface area contributed by atoms with Gasteiger partial charge in [-0.3, -0.25) is 4.79 Å². The third kappa shape index (κ3) is 3.53. The van der Waals surface area contributed by atoms with Crippen molar-refractivity contribution in [2.24, 2.45) is 5.92 Å². The van der Waals surface area contributed by atoms with Crippen LogP contribution in [0.15, 0.2) is 9.90 Å². The topological polar surface area (TPSA) is 59.2 Å². The minimum Gasteiger partial charge on any atom is -0.361 e. The van der Waals surface area contributed by atoms with E-state index in [1.54, 1.807) is 11.3 Å². The first-order chi connectivity index (χ1) is 11.5. The highest BCUT2D eigenvalue weighted by atomic mass is 32.1. The van der Waals surface area contributed by atoms with Gasteiger partial charge < -0.3 is 9.42 Å². The van der Waals surface area contributed by atoms with Gasteiger partial charge in [0.15, 0.2) is 0 Å². The first-order valence-corrected chi connectivity index (χ1v) is 9.46. The molecule has 1 aliphatic heterocycles. The van der Waals surface area contributed by atoms with E-state index in [0.29, 0.717) is 12.3 Å². The number of thiazole rings is 1. The summed E-state index contributed by atoms with van der Waals surface area (Å²) in [6.45, 7) is 9.52. The number of carbonyl (C=O) groups excluding carboxylic acids is 1. The molecule has 0 bridgehead atoms. The zero-order chi connectivity index (χ0) is 17.3. The smallest absolute Gasteiger partial charge is 0.225 e. The van der Waals surface area contributed by atoms with Gasteiger partial charge in [-0.1, -0.05) is 12.1 Å². The monoisotopic (exact) mass is 347 g/mol. The van der Waals surface area contributed by atoms with Gasteiger partial charge in [0.2, 0.25) is 5.91 Å². The summed E-state index contributed by atoms with van der Waals surface area (Å²) in [5, 5.41) is 7.25. The first-order valence-electron chi connectivity index (χ1n) is 8.58. The van der Waals surface area contributed by atoms with E-state index in [0.717, 1.165) is 48.6 Å². The molecule has 0 aromatic carbocycles. The summed E-state index contributed by atoms with van der Waals surface area (Å²) in [7, 11) is 0. The number of hydrogen-bond donors (Lipinski definition) is 0. The molecule has 0 saturated carbocycles. The molecule has 0 aliphatic carbocycles. The third-order valence-electron chi connectivity index (χ3n) is 4.83.